The number of hydrogen-bond acceptors (Lipinski definition) is 3. The quantitative estimate of drug-likeness (QED) is 0.740. The van der Waals surface area contributed by atoms with Crippen LogP contribution in [0.1, 0.15) is 60.8 Å². The van der Waals surface area contributed by atoms with Gasteiger partial charge >= 0.3 is 0 Å². The topological polar surface area (TPSA) is 24.5 Å². The van der Waals surface area contributed by atoms with E-state index in [1.165, 1.54) is 25.8 Å². The number of nitrogens with one attached hydrogen (secondary N) is 1. The number of morpholine rings is 1. The second kappa shape index (κ2) is 8.35. The summed E-state index contributed by atoms with van der Waals surface area (Å²) in [4.78, 5) is 2.68. The fraction of sp³-hybridized carbons (Fsp3) is 1.00. The molecule has 3 nitrogen and oxygen atoms in total. The van der Waals surface area contributed by atoms with Crippen LogP contribution in [0.25, 0.3) is 0 Å². The molecule has 1 rings (SSSR count). The lowest BCUT2D eigenvalue weighted by Crippen LogP contribution is -2.54. The Labute approximate surface area is 126 Å². The lowest BCUT2D eigenvalue weighted by atomic mass is 9.80. The van der Waals surface area contributed by atoms with Gasteiger partial charge in [0.15, 0.2) is 0 Å². The van der Waals surface area contributed by atoms with E-state index in [2.05, 4.69) is 51.8 Å². The number of rotatable bonds is 8. The molecular weight excluding hydrogens is 248 g/mol. The molecule has 1 saturated heterocycles. The van der Waals surface area contributed by atoms with Gasteiger partial charge in [0, 0.05) is 31.7 Å². The predicted molar refractivity (Wildman–Crippen MR) is 87.2 cm³/mol. The van der Waals surface area contributed by atoms with E-state index in [1.807, 2.05) is 0 Å². The summed E-state index contributed by atoms with van der Waals surface area (Å²) in [5, 5.41) is 3.66. The molecule has 0 amide bonds. The zero-order valence-corrected chi connectivity index (χ0v) is 14.5. The van der Waals surface area contributed by atoms with Gasteiger partial charge in [-0.15, -0.1) is 0 Å². The van der Waals surface area contributed by atoms with Gasteiger partial charge in [-0.25, -0.2) is 0 Å². The molecule has 0 aromatic carbocycles. The van der Waals surface area contributed by atoms with E-state index in [0.717, 1.165) is 19.7 Å². The molecule has 0 radical (unpaired) electrons. The Kier molecular flexibility index (Phi) is 7.49. The van der Waals surface area contributed by atoms with Crippen molar-refractivity contribution in [2.24, 2.45) is 5.41 Å². The molecule has 0 bridgehead atoms. The second-order valence-electron chi connectivity index (χ2n) is 6.88. The van der Waals surface area contributed by atoms with Gasteiger partial charge in [-0.2, -0.15) is 0 Å². The number of ether oxygens (including phenoxy) is 1. The van der Waals surface area contributed by atoms with Crippen LogP contribution < -0.4 is 5.32 Å². The number of nitrogens with zero attached hydrogens (tertiary/aromatic N) is 1. The van der Waals surface area contributed by atoms with E-state index < -0.39 is 0 Å². The van der Waals surface area contributed by atoms with Crippen molar-refractivity contribution in [3.05, 3.63) is 0 Å². The van der Waals surface area contributed by atoms with Crippen LogP contribution >= 0.6 is 0 Å². The van der Waals surface area contributed by atoms with E-state index in [0.29, 0.717) is 23.6 Å². The van der Waals surface area contributed by atoms with Crippen LogP contribution in [0.5, 0.6) is 0 Å². The van der Waals surface area contributed by atoms with Gasteiger partial charge in [-0.3, -0.25) is 4.90 Å². The molecule has 2 atom stereocenters. The van der Waals surface area contributed by atoms with E-state index in [1.54, 1.807) is 0 Å². The van der Waals surface area contributed by atoms with Crippen molar-refractivity contribution in [2.75, 3.05) is 26.2 Å². The Morgan fingerprint density at radius 2 is 1.90 bits per heavy atom. The molecule has 120 valence electrons. The van der Waals surface area contributed by atoms with E-state index in [4.69, 9.17) is 4.74 Å². The number of hydrogen-bond donors (Lipinski definition) is 1. The minimum absolute atomic E-state index is 0.377. The third-order valence-corrected chi connectivity index (χ3v) is 4.98. The third-order valence-electron chi connectivity index (χ3n) is 4.98. The van der Waals surface area contributed by atoms with Crippen molar-refractivity contribution in [1.82, 2.24) is 10.2 Å². The van der Waals surface area contributed by atoms with E-state index in [-0.39, 0.29) is 0 Å². The highest BCUT2D eigenvalue weighted by Crippen LogP contribution is 2.29. The molecule has 0 aromatic heterocycles. The zero-order valence-electron chi connectivity index (χ0n) is 14.5. The first-order valence-electron chi connectivity index (χ1n) is 8.55. The standard InChI is InChI=1S/C17H36N2O/c1-7-16-11-20-15(6)10-19(16)13-17(8-2,9-3)12-18-14(4)5/h14-16,18H,7-13H2,1-6H3. The Hall–Kier alpha value is -0.120. The third kappa shape index (κ3) is 5.01. The van der Waals surface area contributed by atoms with Crippen LogP contribution in [0.4, 0.5) is 0 Å². The first kappa shape index (κ1) is 17.9. The summed E-state index contributed by atoms with van der Waals surface area (Å²) in [6.07, 6.45) is 4.05. The van der Waals surface area contributed by atoms with Gasteiger partial charge in [-0.1, -0.05) is 34.6 Å². The summed E-state index contributed by atoms with van der Waals surface area (Å²) in [6.45, 7) is 18.0. The smallest absolute Gasteiger partial charge is 0.0674 e. The van der Waals surface area contributed by atoms with Gasteiger partial charge in [0.05, 0.1) is 12.7 Å². The largest absolute Gasteiger partial charge is 0.376 e. The molecule has 0 spiro atoms. The Morgan fingerprint density at radius 3 is 2.40 bits per heavy atom. The predicted octanol–water partition coefficient (Wildman–Crippen LogP) is 3.29. The average molecular weight is 284 g/mol. The van der Waals surface area contributed by atoms with Gasteiger partial charge in [0.2, 0.25) is 0 Å². The maximum Gasteiger partial charge on any atom is 0.0674 e. The molecule has 0 aromatic rings. The first-order valence-corrected chi connectivity index (χ1v) is 8.55. The van der Waals surface area contributed by atoms with E-state index >= 15 is 0 Å². The molecule has 20 heavy (non-hydrogen) atoms. The average Bonchev–Trinajstić information content (AvgIpc) is 2.43. The fourth-order valence-electron chi connectivity index (χ4n) is 3.11. The highest BCUT2D eigenvalue weighted by atomic mass is 16.5. The maximum atomic E-state index is 5.83. The van der Waals surface area contributed by atoms with Crippen LogP contribution in [-0.2, 0) is 4.74 Å². The van der Waals surface area contributed by atoms with Crippen molar-refractivity contribution < 1.29 is 4.74 Å². The second-order valence-corrected chi connectivity index (χ2v) is 6.88. The Bertz CT molecular complexity index is 264. The molecule has 0 aliphatic carbocycles. The SMILES string of the molecule is CCC1COC(C)CN1CC(CC)(CC)CNC(C)C. The molecule has 1 aliphatic heterocycles. The van der Waals surface area contributed by atoms with Gasteiger partial charge < -0.3 is 10.1 Å². The summed E-state index contributed by atoms with van der Waals surface area (Å²) in [5.74, 6) is 0. The fourth-order valence-corrected chi connectivity index (χ4v) is 3.11. The highest BCUT2D eigenvalue weighted by molar-refractivity contribution is 4.88. The zero-order chi connectivity index (χ0) is 15.2. The van der Waals surface area contributed by atoms with Gasteiger partial charge in [0.1, 0.15) is 0 Å². The summed E-state index contributed by atoms with van der Waals surface area (Å²) in [7, 11) is 0. The molecule has 1 heterocycles. The van der Waals surface area contributed by atoms with Crippen molar-refractivity contribution in [3.63, 3.8) is 0 Å². The monoisotopic (exact) mass is 284 g/mol. The molecule has 0 saturated carbocycles. The first-order chi connectivity index (χ1) is 9.46. The van der Waals surface area contributed by atoms with Gasteiger partial charge in [-0.05, 0) is 31.6 Å². The van der Waals surface area contributed by atoms with Crippen molar-refractivity contribution in [2.45, 2.75) is 79.0 Å². The molecule has 1 N–H and O–H groups in total. The molecule has 2 unspecified atom stereocenters. The van der Waals surface area contributed by atoms with Crippen molar-refractivity contribution in [1.29, 1.82) is 0 Å². The van der Waals surface area contributed by atoms with Crippen LogP contribution in [-0.4, -0.2) is 49.3 Å². The normalized spacial score (nSPS) is 25.4. The van der Waals surface area contributed by atoms with Crippen LogP contribution in [0.3, 0.4) is 0 Å². The minimum atomic E-state index is 0.377. The summed E-state index contributed by atoms with van der Waals surface area (Å²) in [6, 6.07) is 1.17. The lowest BCUT2D eigenvalue weighted by Gasteiger charge is -2.44. The molecule has 1 aliphatic rings. The Morgan fingerprint density at radius 1 is 1.25 bits per heavy atom. The molecule has 3 heteroatoms. The highest BCUT2D eigenvalue weighted by Gasteiger charge is 2.34. The van der Waals surface area contributed by atoms with E-state index in [9.17, 15) is 0 Å². The molecule has 1 fully saturated rings. The molecular formula is C17H36N2O. The van der Waals surface area contributed by atoms with Crippen molar-refractivity contribution in [3.8, 4) is 0 Å². The minimum Gasteiger partial charge on any atom is -0.376 e. The summed E-state index contributed by atoms with van der Waals surface area (Å²) in [5.41, 5.74) is 0.398. The Balaban J connectivity index is 2.70. The maximum absolute atomic E-state index is 5.83. The van der Waals surface area contributed by atoms with Crippen LogP contribution in [0.15, 0.2) is 0 Å². The van der Waals surface area contributed by atoms with Gasteiger partial charge in [0.25, 0.3) is 0 Å². The summed E-state index contributed by atoms with van der Waals surface area (Å²) < 4.78 is 5.83. The van der Waals surface area contributed by atoms with Crippen LogP contribution in [0, 0.1) is 5.41 Å². The lowest BCUT2D eigenvalue weighted by molar-refractivity contribution is -0.0703. The van der Waals surface area contributed by atoms with Crippen molar-refractivity contribution >= 4 is 0 Å². The summed E-state index contributed by atoms with van der Waals surface area (Å²) >= 11 is 0. The van der Waals surface area contributed by atoms with Crippen LogP contribution in [0.2, 0.25) is 0 Å².